The molecule has 0 aromatic heterocycles. The summed E-state index contributed by atoms with van der Waals surface area (Å²) in [5, 5.41) is 10.8. The molecule has 1 radical (unpaired) electrons. The maximum atomic E-state index is 10.8. The second kappa shape index (κ2) is 4.97. The number of rotatable bonds is 3. The molecule has 4 heteroatoms. The van der Waals surface area contributed by atoms with Gasteiger partial charge < -0.3 is 0 Å². The molecular weight excluding hydrogens is 238 g/mol. The van der Waals surface area contributed by atoms with Crippen molar-refractivity contribution in [2.45, 2.75) is 0 Å². The van der Waals surface area contributed by atoms with Crippen LogP contribution in [0.5, 0.6) is 0 Å². The van der Waals surface area contributed by atoms with E-state index >= 15 is 0 Å². The molecule has 85 valence electrons. The highest BCUT2D eigenvalue weighted by Gasteiger charge is 2.13. The molecule has 0 atom stereocenters. The standard InChI is InChI=1S/C13H9ClNO2/c14-9-12-8-11(6-7-13(12)15(16)17)10-4-2-1-3-5-10/h1-9H. The third-order valence-corrected chi connectivity index (χ3v) is 2.68. The molecule has 0 fully saturated rings. The van der Waals surface area contributed by atoms with Crippen LogP contribution in [0, 0.1) is 16.0 Å². The summed E-state index contributed by atoms with van der Waals surface area (Å²) in [5.74, 6) is 1.23. The van der Waals surface area contributed by atoms with Gasteiger partial charge in [-0.2, -0.15) is 0 Å². The van der Waals surface area contributed by atoms with E-state index in [1.165, 1.54) is 11.9 Å². The van der Waals surface area contributed by atoms with Crippen molar-refractivity contribution in [3.8, 4) is 11.1 Å². The number of benzene rings is 2. The van der Waals surface area contributed by atoms with Crippen molar-refractivity contribution < 1.29 is 4.92 Å². The Morgan fingerprint density at radius 1 is 1.06 bits per heavy atom. The summed E-state index contributed by atoms with van der Waals surface area (Å²) in [4.78, 5) is 10.3. The van der Waals surface area contributed by atoms with Gasteiger partial charge in [0.15, 0.2) is 0 Å². The quantitative estimate of drug-likeness (QED) is 0.607. The summed E-state index contributed by atoms with van der Waals surface area (Å²) in [6.45, 7) is 0. The fourth-order valence-corrected chi connectivity index (χ4v) is 1.79. The topological polar surface area (TPSA) is 43.1 Å². The molecule has 0 aliphatic rings. The van der Waals surface area contributed by atoms with Gasteiger partial charge in [0.1, 0.15) is 0 Å². The van der Waals surface area contributed by atoms with E-state index in [1.54, 1.807) is 12.1 Å². The van der Waals surface area contributed by atoms with Gasteiger partial charge in [0, 0.05) is 6.07 Å². The third kappa shape index (κ3) is 2.45. The average Bonchev–Trinajstić information content (AvgIpc) is 2.39. The molecule has 0 amide bonds. The van der Waals surface area contributed by atoms with Gasteiger partial charge in [-0.05, 0) is 23.3 Å². The fourth-order valence-electron chi connectivity index (χ4n) is 1.62. The fraction of sp³-hybridized carbons (Fsp3) is 0. The van der Waals surface area contributed by atoms with Crippen LogP contribution in [-0.2, 0) is 0 Å². The van der Waals surface area contributed by atoms with E-state index in [4.69, 9.17) is 11.6 Å². The van der Waals surface area contributed by atoms with Crippen molar-refractivity contribution in [2.24, 2.45) is 0 Å². The second-order valence-corrected chi connectivity index (χ2v) is 3.72. The minimum Gasteiger partial charge on any atom is -0.258 e. The zero-order valence-electron chi connectivity index (χ0n) is 8.84. The minimum absolute atomic E-state index is 0.0136. The van der Waals surface area contributed by atoms with E-state index in [1.807, 2.05) is 30.3 Å². The van der Waals surface area contributed by atoms with Gasteiger partial charge in [0.05, 0.1) is 16.4 Å². The molecule has 0 heterocycles. The van der Waals surface area contributed by atoms with Crippen LogP contribution >= 0.6 is 11.6 Å². The lowest BCUT2D eigenvalue weighted by Gasteiger charge is -2.04. The van der Waals surface area contributed by atoms with E-state index in [-0.39, 0.29) is 5.69 Å². The van der Waals surface area contributed by atoms with E-state index in [0.717, 1.165) is 11.1 Å². The second-order valence-electron chi connectivity index (χ2n) is 3.51. The lowest BCUT2D eigenvalue weighted by molar-refractivity contribution is -0.385. The Labute approximate surface area is 104 Å². The Bertz CT molecular complexity index is 540. The SMILES string of the molecule is O=[N+]([O-])c1ccc(-c2ccccc2)cc1[CH]Cl. The minimum atomic E-state index is -0.441. The van der Waals surface area contributed by atoms with E-state index < -0.39 is 4.92 Å². The molecule has 17 heavy (non-hydrogen) atoms. The van der Waals surface area contributed by atoms with Gasteiger partial charge in [0.2, 0.25) is 0 Å². The first-order valence-corrected chi connectivity index (χ1v) is 5.43. The number of halogens is 1. The van der Waals surface area contributed by atoms with Crippen LogP contribution in [0.2, 0.25) is 0 Å². The molecule has 2 aromatic rings. The number of hydrogen-bond donors (Lipinski definition) is 0. The summed E-state index contributed by atoms with van der Waals surface area (Å²) >= 11 is 5.61. The van der Waals surface area contributed by atoms with Crippen molar-refractivity contribution in [3.05, 3.63) is 70.1 Å². The van der Waals surface area contributed by atoms with Crippen LogP contribution < -0.4 is 0 Å². The highest BCUT2D eigenvalue weighted by atomic mass is 35.5. The molecule has 3 nitrogen and oxygen atoms in total. The van der Waals surface area contributed by atoms with Crippen LogP contribution in [0.1, 0.15) is 5.56 Å². The van der Waals surface area contributed by atoms with Crippen molar-refractivity contribution in [3.63, 3.8) is 0 Å². The molecule has 2 aromatic carbocycles. The van der Waals surface area contributed by atoms with Crippen LogP contribution in [0.4, 0.5) is 5.69 Å². The maximum absolute atomic E-state index is 10.8. The zero-order chi connectivity index (χ0) is 12.3. The zero-order valence-corrected chi connectivity index (χ0v) is 9.59. The molecule has 0 unspecified atom stereocenters. The smallest absolute Gasteiger partial charge is 0.258 e. The molecule has 0 spiro atoms. The maximum Gasteiger partial charge on any atom is 0.274 e. The highest BCUT2D eigenvalue weighted by molar-refractivity contribution is 6.25. The largest absolute Gasteiger partial charge is 0.274 e. The number of nitro benzene ring substituents is 1. The van der Waals surface area contributed by atoms with Crippen LogP contribution in [0.15, 0.2) is 48.5 Å². The Balaban J connectivity index is 2.49. The first-order valence-electron chi connectivity index (χ1n) is 4.99. The van der Waals surface area contributed by atoms with Crippen molar-refractivity contribution in [2.75, 3.05) is 0 Å². The van der Waals surface area contributed by atoms with Gasteiger partial charge >= 0.3 is 0 Å². The predicted molar refractivity (Wildman–Crippen MR) is 67.8 cm³/mol. The Kier molecular flexibility index (Phi) is 3.40. The summed E-state index contributed by atoms with van der Waals surface area (Å²) in [5.41, 5.74) is 2.34. The lowest BCUT2D eigenvalue weighted by atomic mass is 10.0. The highest BCUT2D eigenvalue weighted by Crippen LogP contribution is 2.28. The molecular formula is C13H9ClNO2. The monoisotopic (exact) mass is 246 g/mol. The summed E-state index contributed by atoms with van der Waals surface area (Å²) < 4.78 is 0. The van der Waals surface area contributed by atoms with Crippen LogP contribution in [0.25, 0.3) is 11.1 Å². The Morgan fingerprint density at radius 2 is 1.76 bits per heavy atom. The van der Waals surface area contributed by atoms with Gasteiger partial charge in [-0.15, -0.1) is 11.6 Å². The first-order chi connectivity index (χ1) is 8.22. The third-order valence-electron chi connectivity index (χ3n) is 2.45. The van der Waals surface area contributed by atoms with E-state index in [2.05, 4.69) is 0 Å². The lowest BCUT2D eigenvalue weighted by Crippen LogP contribution is -1.93. The Hall–Kier alpha value is -1.87. The summed E-state index contributed by atoms with van der Waals surface area (Å²) in [7, 11) is 0. The van der Waals surface area contributed by atoms with E-state index in [9.17, 15) is 10.1 Å². The number of hydrogen-bond acceptors (Lipinski definition) is 2. The molecule has 0 aliphatic heterocycles. The normalized spacial score (nSPS) is 10.2. The van der Waals surface area contributed by atoms with Crippen molar-refractivity contribution in [1.29, 1.82) is 0 Å². The van der Waals surface area contributed by atoms with Crippen molar-refractivity contribution in [1.82, 2.24) is 0 Å². The molecule has 0 bridgehead atoms. The number of nitrogens with zero attached hydrogens (tertiary/aromatic N) is 1. The first kappa shape index (κ1) is 11.6. The van der Waals surface area contributed by atoms with E-state index in [0.29, 0.717) is 5.56 Å². The van der Waals surface area contributed by atoms with Gasteiger partial charge in [-0.25, -0.2) is 0 Å². The van der Waals surface area contributed by atoms with Gasteiger partial charge in [-0.3, -0.25) is 10.1 Å². The number of nitro groups is 1. The molecule has 2 rings (SSSR count). The predicted octanol–water partition coefficient (Wildman–Crippen LogP) is 4.01. The van der Waals surface area contributed by atoms with Crippen molar-refractivity contribution >= 4 is 17.3 Å². The summed E-state index contributed by atoms with van der Waals surface area (Å²) in [6.07, 6.45) is 0. The Morgan fingerprint density at radius 3 is 2.35 bits per heavy atom. The van der Waals surface area contributed by atoms with Gasteiger partial charge in [0.25, 0.3) is 5.69 Å². The van der Waals surface area contributed by atoms with Crippen LogP contribution in [-0.4, -0.2) is 4.92 Å². The molecule has 0 saturated heterocycles. The molecule has 0 aliphatic carbocycles. The molecule has 0 N–H and O–H groups in total. The van der Waals surface area contributed by atoms with Crippen LogP contribution in [0.3, 0.4) is 0 Å². The molecule has 0 saturated carbocycles. The van der Waals surface area contributed by atoms with Gasteiger partial charge in [-0.1, -0.05) is 30.3 Å². The average molecular weight is 247 g/mol. The summed E-state index contributed by atoms with van der Waals surface area (Å²) in [6, 6.07) is 14.5.